The molecule has 94 valence electrons. The molecular formula is C15H15IO2. The lowest BCUT2D eigenvalue weighted by Gasteiger charge is -2.09. The maximum Gasteiger partial charge on any atom is 0.200 e. The predicted octanol–water partition coefficient (Wildman–Crippen LogP) is 4.39. The molecule has 1 aliphatic rings. The van der Waals surface area contributed by atoms with Crippen molar-refractivity contribution in [1.82, 2.24) is 0 Å². The lowest BCUT2D eigenvalue weighted by Crippen LogP contribution is -1.95. The maximum absolute atomic E-state index is 12.3. The lowest BCUT2D eigenvalue weighted by atomic mass is 9.97. The van der Waals surface area contributed by atoms with Crippen molar-refractivity contribution < 1.29 is 9.53 Å². The van der Waals surface area contributed by atoms with Crippen molar-refractivity contribution in [3.63, 3.8) is 0 Å². The first-order chi connectivity index (χ1) is 8.47. The summed E-state index contributed by atoms with van der Waals surface area (Å²) in [6.45, 7) is 6.20. The zero-order valence-electron chi connectivity index (χ0n) is 10.9. The minimum Gasteiger partial charge on any atom is -0.497 e. The Morgan fingerprint density at radius 3 is 2.39 bits per heavy atom. The molecule has 0 aliphatic heterocycles. The Kier molecular flexibility index (Phi) is 3.61. The van der Waals surface area contributed by atoms with Crippen molar-refractivity contribution >= 4 is 33.9 Å². The van der Waals surface area contributed by atoms with Crippen molar-refractivity contribution in [3.05, 3.63) is 44.1 Å². The van der Waals surface area contributed by atoms with Gasteiger partial charge in [-0.15, -0.1) is 0 Å². The molecule has 0 fully saturated rings. The van der Waals surface area contributed by atoms with Gasteiger partial charge in [-0.05, 0) is 72.7 Å². The number of methoxy groups -OCH3 is 1. The molecule has 0 spiro atoms. The zero-order valence-corrected chi connectivity index (χ0v) is 13.1. The minimum absolute atomic E-state index is 0.0973. The predicted molar refractivity (Wildman–Crippen MR) is 82.3 cm³/mol. The normalized spacial score (nSPS) is 13.7. The molecule has 0 unspecified atom stereocenters. The second kappa shape index (κ2) is 4.88. The molecule has 0 amide bonds. The first kappa shape index (κ1) is 13.3. The highest BCUT2D eigenvalue weighted by Crippen LogP contribution is 2.42. The van der Waals surface area contributed by atoms with E-state index in [2.05, 4.69) is 43.4 Å². The maximum atomic E-state index is 12.3. The molecule has 1 aliphatic carbocycles. The summed E-state index contributed by atoms with van der Waals surface area (Å²) in [5, 5.41) is 0. The van der Waals surface area contributed by atoms with Crippen LogP contribution in [0.1, 0.15) is 36.7 Å². The molecule has 0 radical (unpaired) electrons. The second-order valence-corrected chi connectivity index (χ2v) is 5.63. The molecule has 0 saturated heterocycles. The van der Waals surface area contributed by atoms with Crippen LogP contribution in [0.2, 0.25) is 0 Å². The fraction of sp³-hybridized carbons (Fsp3) is 0.267. The van der Waals surface area contributed by atoms with Gasteiger partial charge in [0, 0.05) is 11.1 Å². The molecule has 3 heteroatoms. The first-order valence-corrected chi connectivity index (χ1v) is 6.82. The highest BCUT2D eigenvalue weighted by molar-refractivity contribution is 14.1. The average Bonchev–Trinajstić information content (AvgIpc) is 2.61. The number of fused-ring (bicyclic) bond motifs is 1. The van der Waals surface area contributed by atoms with Crippen LogP contribution in [0.4, 0.5) is 0 Å². The molecule has 0 bridgehead atoms. The Morgan fingerprint density at radius 1 is 1.17 bits per heavy atom. The smallest absolute Gasteiger partial charge is 0.200 e. The van der Waals surface area contributed by atoms with Gasteiger partial charge in [0.05, 0.1) is 10.7 Å². The number of rotatable bonds is 2. The van der Waals surface area contributed by atoms with Crippen molar-refractivity contribution in [3.8, 4) is 5.75 Å². The Morgan fingerprint density at radius 2 is 1.83 bits per heavy atom. The molecular weight excluding hydrogens is 339 g/mol. The average molecular weight is 354 g/mol. The molecule has 1 aromatic carbocycles. The number of carbonyl (C=O) groups excluding carboxylic acids is 1. The van der Waals surface area contributed by atoms with Gasteiger partial charge in [-0.3, -0.25) is 4.79 Å². The van der Waals surface area contributed by atoms with Crippen LogP contribution in [0.3, 0.4) is 0 Å². The van der Waals surface area contributed by atoms with E-state index < -0.39 is 0 Å². The number of allylic oxidation sites excluding steroid dienone is 4. The van der Waals surface area contributed by atoms with Gasteiger partial charge in [0.25, 0.3) is 0 Å². The van der Waals surface area contributed by atoms with Gasteiger partial charge in [0.1, 0.15) is 5.75 Å². The molecule has 0 N–H and O–H groups in total. The summed E-state index contributed by atoms with van der Waals surface area (Å²) < 4.78 is 5.98. The van der Waals surface area contributed by atoms with Crippen molar-refractivity contribution in [1.29, 1.82) is 0 Å². The summed E-state index contributed by atoms with van der Waals surface area (Å²) in [5.41, 5.74) is 5.24. The number of hydrogen-bond acceptors (Lipinski definition) is 2. The van der Waals surface area contributed by atoms with Crippen molar-refractivity contribution in [2.75, 3.05) is 7.11 Å². The molecule has 1 aromatic rings. The van der Waals surface area contributed by atoms with E-state index in [0.717, 1.165) is 26.0 Å². The SMILES string of the molecule is COc1ccc2c(c1)C(=O)C(I)=C2C(C)=C(C)C. The van der Waals surface area contributed by atoms with Crippen LogP contribution in [0.5, 0.6) is 5.75 Å². The Labute approximate surface area is 121 Å². The zero-order chi connectivity index (χ0) is 13.4. The molecule has 2 rings (SSSR count). The summed E-state index contributed by atoms with van der Waals surface area (Å²) in [6.07, 6.45) is 0. The van der Waals surface area contributed by atoms with E-state index in [1.165, 1.54) is 11.1 Å². The third-order valence-corrected chi connectivity index (χ3v) is 4.31. The van der Waals surface area contributed by atoms with Gasteiger partial charge in [-0.2, -0.15) is 0 Å². The van der Waals surface area contributed by atoms with Crippen LogP contribution < -0.4 is 4.74 Å². The fourth-order valence-corrected chi connectivity index (χ4v) is 3.01. The Hall–Kier alpha value is -1.10. The number of carbonyl (C=O) groups is 1. The van der Waals surface area contributed by atoms with Crippen molar-refractivity contribution in [2.24, 2.45) is 0 Å². The Balaban J connectivity index is 2.66. The van der Waals surface area contributed by atoms with E-state index in [4.69, 9.17) is 4.74 Å². The van der Waals surface area contributed by atoms with Crippen LogP contribution in [-0.2, 0) is 0 Å². The van der Waals surface area contributed by atoms with E-state index in [9.17, 15) is 4.79 Å². The standard InChI is InChI=1S/C15H15IO2/c1-8(2)9(3)13-11-6-5-10(18-4)7-12(11)15(17)14(13)16/h5-7H,1-4H3. The second-order valence-electron chi connectivity index (χ2n) is 4.55. The lowest BCUT2D eigenvalue weighted by molar-refractivity contribution is 0.104. The molecule has 0 saturated carbocycles. The summed E-state index contributed by atoms with van der Waals surface area (Å²) >= 11 is 2.14. The summed E-state index contributed by atoms with van der Waals surface area (Å²) in [4.78, 5) is 12.3. The molecule has 0 aromatic heterocycles. The highest BCUT2D eigenvalue weighted by atomic mass is 127. The van der Waals surface area contributed by atoms with E-state index in [0.29, 0.717) is 0 Å². The van der Waals surface area contributed by atoms with Gasteiger partial charge in [-0.1, -0.05) is 5.57 Å². The quantitative estimate of drug-likeness (QED) is 0.737. The third kappa shape index (κ3) is 2.00. The fourth-order valence-electron chi connectivity index (χ4n) is 2.02. The molecule has 2 nitrogen and oxygen atoms in total. The van der Waals surface area contributed by atoms with Crippen LogP contribution in [0.25, 0.3) is 5.57 Å². The largest absolute Gasteiger partial charge is 0.497 e. The van der Waals surface area contributed by atoms with E-state index in [1.807, 2.05) is 18.2 Å². The van der Waals surface area contributed by atoms with Crippen LogP contribution >= 0.6 is 22.6 Å². The molecule has 0 heterocycles. The summed E-state index contributed by atoms with van der Waals surface area (Å²) in [5.74, 6) is 0.822. The van der Waals surface area contributed by atoms with E-state index in [-0.39, 0.29) is 5.78 Å². The van der Waals surface area contributed by atoms with Crippen LogP contribution in [-0.4, -0.2) is 12.9 Å². The van der Waals surface area contributed by atoms with E-state index >= 15 is 0 Å². The van der Waals surface area contributed by atoms with Crippen LogP contribution in [0.15, 0.2) is 32.9 Å². The van der Waals surface area contributed by atoms with Gasteiger partial charge in [0.2, 0.25) is 5.78 Å². The number of hydrogen-bond donors (Lipinski definition) is 0. The first-order valence-electron chi connectivity index (χ1n) is 5.74. The van der Waals surface area contributed by atoms with Gasteiger partial charge in [0.15, 0.2) is 0 Å². The van der Waals surface area contributed by atoms with Crippen molar-refractivity contribution in [2.45, 2.75) is 20.8 Å². The van der Waals surface area contributed by atoms with Gasteiger partial charge in [-0.25, -0.2) is 0 Å². The molecule has 0 atom stereocenters. The van der Waals surface area contributed by atoms with Gasteiger partial charge < -0.3 is 4.74 Å². The monoisotopic (exact) mass is 354 g/mol. The third-order valence-electron chi connectivity index (χ3n) is 3.28. The number of Topliss-reactive ketones (excluding diaryl/α,β-unsaturated/α-hetero) is 1. The van der Waals surface area contributed by atoms with Crippen LogP contribution in [0, 0.1) is 0 Å². The summed E-state index contributed by atoms with van der Waals surface area (Å²) in [7, 11) is 1.61. The highest BCUT2D eigenvalue weighted by Gasteiger charge is 2.29. The van der Waals surface area contributed by atoms with Gasteiger partial charge >= 0.3 is 0 Å². The number of ether oxygens (including phenoxy) is 1. The van der Waals surface area contributed by atoms with E-state index in [1.54, 1.807) is 7.11 Å². The topological polar surface area (TPSA) is 26.3 Å². The minimum atomic E-state index is 0.0973. The Bertz CT molecular complexity index is 591. The number of benzene rings is 1. The summed E-state index contributed by atoms with van der Waals surface area (Å²) in [6, 6.07) is 5.70. The number of ketones is 1. The molecule has 18 heavy (non-hydrogen) atoms. The number of halogens is 1.